The molecule has 10 nitrogen and oxygen atoms in total. The van der Waals surface area contributed by atoms with Gasteiger partial charge in [-0.2, -0.15) is 13.2 Å². The number of rotatable bonds is 12. The second kappa shape index (κ2) is 16.5. The van der Waals surface area contributed by atoms with Crippen LogP contribution < -0.4 is 5.32 Å². The quantitative estimate of drug-likeness (QED) is 0.0704. The number of hydrogen-bond acceptors (Lipinski definition) is 8. The third-order valence-electron chi connectivity index (χ3n) is 8.09. The summed E-state index contributed by atoms with van der Waals surface area (Å²) >= 11 is 0. The van der Waals surface area contributed by atoms with Gasteiger partial charge in [-0.25, -0.2) is 4.39 Å². The van der Waals surface area contributed by atoms with Crippen molar-refractivity contribution in [2.75, 3.05) is 32.6 Å². The Bertz CT molecular complexity index is 1980. The van der Waals surface area contributed by atoms with Gasteiger partial charge in [-0.05, 0) is 66.9 Å². The molecule has 0 aliphatic carbocycles. The van der Waals surface area contributed by atoms with E-state index in [1.807, 2.05) is 0 Å². The molecule has 0 spiro atoms. The Morgan fingerprint density at radius 3 is 1.89 bits per heavy atom. The van der Waals surface area contributed by atoms with E-state index >= 15 is 4.39 Å². The molecule has 53 heavy (non-hydrogen) atoms. The molecule has 0 saturated heterocycles. The monoisotopic (exact) mass is 736 g/mol. The number of esters is 3. The lowest BCUT2D eigenvalue weighted by atomic mass is 9.72. The lowest BCUT2D eigenvalue weighted by molar-refractivity contribution is -0.177. The number of anilines is 1. The average Bonchev–Trinajstić information content (AvgIpc) is 3.11. The summed E-state index contributed by atoms with van der Waals surface area (Å²) in [5, 5.41) is 2.58. The fourth-order valence-corrected chi connectivity index (χ4v) is 5.72. The second-order valence-electron chi connectivity index (χ2n) is 11.8. The van der Waals surface area contributed by atoms with Crippen molar-refractivity contribution in [3.63, 3.8) is 0 Å². The molecule has 0 aliphatic rings. The van der Waals surface area contributed by atoms with Crippen molar-refractivity contribution in [2.45, 2.75) is 38.5 Å². The Hall–Kier alpha value is -6.05. The highest BCUT2D eigenvalue weighted by molar-refractivity contribution is 6.12. The molecule has 0 bridgehead atoms. The summed E-state index contributed by atoms with van der Waals surface area (Å²) in [5.74, 6) is -5.59. The fourth-order valence-electron chi connectivity index (χ4n) is 5.72. The number of nitrogens with one attached hydrogen (secondary N) is 1. The first-order valence-corrected chi connectivity index (χ1v) is 16.3. The number of ether oxygens (including phenoxy) is 3. The van der Waals surface area contributed by atoms with E-state index in [4.69, 9.17) is 14.2 Å². The number of carbonyl (C=O) groups excluding carboxylic acids is 5. The van der Waals surface area contributed by atoms with Crippen LogP contribution in [0.5, 0.6) is 0 Å². The molecule has 0 radical (unpaired) electrons. The first-order valence-electron chi connectivity index (χ1n) is 16.3. The molecule has 2 amide bonds. The van der Waals surface area contributed by atoms with Crippen LogP contribution in [0.15, 0.2) is 91.0 Å². The number of nitrogens with zero attached hydrogens (tertiary/aromatic N) is 1. The summed E-state index contributed by atoms with van der Waals surface area (Å²) in [4.78, 5) is 69.3. The lowest BCUT2D eigenvalue weighted by Gasteiger charge is -2.36. The van der Waals surface area contributed by atoms with Crippen LogP contribution in [0.3, 0.4) is 0 Å². The molecule has 0 aromatic heterocycles. The zero-order valence-corrected chi connectivity index (χ0v) is 29.4. The largest absolute Gasteiger partial charge is 0.465 e. The molecule has 4 aromatic rings. The van der Waals surface area contributed by atoms with Crippen molar-refractivity contribution in [1.29, 1.82) is 0 Å². The summed E-state index contributed by atoms with van der Waals surface area (Å²) in [6.07, 6.45) is -6.41. The van der Waals surface area contributed by atoms with Crippen molar-refractivity contribution in [2.24, 2.45) is 0 Å². The number of halogens is 4. The van der Waals surface area contributed by atoms with Gasteiger partial charge in [-0.15, -0.1) is 0 Å². The topological polar surface area (TPSA) is 128 Å². The third-order valence-corrected chi connectivity index (χ3v) is 8.09. The Morgan fingerprint density at radius 2 is 1.36 bits per heavy atom. The molecular formula is C39H36F4N2O8. The zero-order valence-electron chi connectivity index (χ0n) is 29.4. The van der Waals surface area contributed by atoms with Crippen molar-refractivity contribution in [1.82, 2.24) is 4.90 Å². The van der Waals surface area contributed by atoms with Gasteiger partial charge in [-0.1, -0.05) is 54.6 Å². The minimum atomic E-state index is -4.64. The van der Waals surface area contributed by atoms with Gasteiger partial charge in [-0.3, -0.25) is 24.0 Å². The predicted molar refractivity (Wildman–Crippen MR) is 185 cm³/mol. The van der Waals surface area contributed by atoms with E-state index in [1.54, 1.807) is 18.2 Å². The molecule has 1 unspecified atom stereocenters. The van der Waals surface area contributed by atoms with Gasteiger partial charge in [0, 0.05) is 26.6 Å². The van der Waals surface area contributed by atoms with Gasteiger partial charge in [0.05, 0.1) is 35.6 Å². The molecule has 4 aromatic carbocycles. The predicted octanol–water partition coefficient (Wildman–Crippen LogP) is 7.13. The number of benzene rings is 4. The minimum Gasteiger partial charge on any atom is -0.465 e. The summed E-state index contributed by atoms with van der Waals surface area (Å²) in [6, 6.07) is 18.6. The highest BCUT2D eigenvalue weighted by Gasteiger charge is 2.59. The van der Waals surface area contributed by atoms with Gasteiger partial charge in [0.25, 0.3) is 11.8 Å². The SMILES string of the molecule is CCOC(=O)C(C(=O)OCC)(c1ccccc1)C(OC(C)=O)c1ccc(NC(=O)c2cccc(F)c2-c2ccc(C(F)(F)F)cc2)c(C(=O)N(C)C)c1. The van der Waals surface area contributed by atoms with E-state index in [-0.39, 0.29) is 52.3 Å². The highest BCUT2D eigenvalue weighted by atomic mass is 19.4. The van der Waals surface area contributed by atoms with Crippen molar-refractivity contribution in [3.8, 4) is 11.1 Å². The molecule has 0 saturated carbocycles. The van der Waals surface area contributed by atoms with Crippen LogP contribution >= 0.6 is 0 Å². The third kappa shape index (κ3) is 8.37. The fraction of sp³-hybridized carbons (Fsp3) is 0.256. The number of hydrogen-bond donors (Lipinski definition) is 1. The zero-order chi connectivity index (χ0) is 39.1. The lowest BCUT2D eigenvalue weighted by Crippen LogP contribution is -2.52. The molecule has 1 N–H and O–H groups in total. The Kier molecular flexibility index (Phi) is 12.4. The van der Waals surface area contributed by atoms with Gasteiger partial charge < -0.3 is 24.4 Å². The van der Waals surface area contributed by atoms with Crippen molar-refractivity contribution in [3.05, 3.63) is 125 Å². The summed E-state index contributed by atoms with van der Waals surface area (Å²) < 4.78 is 71.4. The Balaban J connectivity index is 1.91. The maximum atomic E-state index is 15.2. The van der Waals surface area contributed by atoms with Crippen LogP contribution in [0, 0.1) is 5.82 Å². The second-order valence-corrected chi connectivity index (χ2v) is 11.8. The summed E-state index contributed by atoms with van der Waals surface area (Å²) in [7, 11) is 2.84. The van der Waals surface area contributed by atoms with Crippen LogP contribution in [-0.2, 0) is 40.2 Å². The molecule has 4 rings (SSSR count). The molecular weight excluding hydrogens is 700 g/mol. The van der Waals surface area contributed by atoms with Crippen LogP contribution in [0.4, 0.5) is 23.2 Å². The number of carbonyl (C=O) groups is 5. The van der Waals surface area contributed by atoms with E-state index in [1.165, 1.54) is 75.3 Å². The normalized spacial score (nSPS) is 11.9. The Morgan fingerprint density at radius 1 is 0.755 bits per heavy atom. The average molecular weight is 737 g/mol. The van der Waals surface area contributed by atoms with Crippen LogP contribution in [0.2, 0.25) is 0 Å². The molecule has 0 aliphatic heterocycles. The van der Waals surface area contributed by atoms with Gasteiger partial charge >= 0.3 is 24.1 Å². The smallest absolute Gasteiger partial charge is 0.416 e. The first kappa shape index (κ1) is 39.7. The van der Waals surface area contributed by atoms with Crippen LogP contribution in [0.25, 0.3) is 11.1 Å². The van der Waals surface area contributed by atoms with E-state index in [0.29, 0.717) is 0 Å². The van der Waals surface area contributed by atoms with Gasteiger partial charge in [0.1, 0.15) is 5.82 Å². The van der Waals surface area contributed by atoms with Crippen molar-refractivity contribution < 1.29 is 55.7 Å². The molecule has 0 fully saturated rings. The standard InChI is InChI=1S/C39H36F4N2O8/c1-6-51-36(49)38(37(50)52-7-2,26-12-9-8-10-13-26)33(53-23(3)46)25-18-21-31(29(22-25)35(48)45(4)5)44-34(47)28-14-11-15-30(40)32(28)24-16-19-27(20-17-24)39(41,42)43/h8-22,33H,6-7H2,1-5H3,(H,44,47). The summed E-state index contributed by atoms with van der Waals surface area (Å²) in [6.45, 7) is 3.78. The summed E-state index contributed by atoms with van der Waals surface area (Å²) in [5.41, 5.74) is -4.25. The molecule has 1 atom stereocenters. The van der Waals surface area contributed by atoms with Crippen LogP contribution in [-0.4, -0.2) is 61.9 Å². The Labute approximate surface area is 302 Å². The molecule has 278 valence electrons. The van der Waals surface area contributed by atoms with E-state index in [0.717, 1.165) is 37.3 Å². The molecule has 0 heterocycles. The van der Waals surface area contributed by atoms with Crippen LogP contribution in [0.1, 0.15) is 64.3 Å². The van der Waals surface area contributed by atoms with E-state index in [9.17, 15) is 37.1 Å². The van der Waals surface area contributed by atoms with E-state index in [2.05, 4.69) is 5.32 Å². The van der Waals surface area contributed by atoms with E-state index < -0.39 is 58.8 Å². The highest BCUT2D eigenvalue weighted by Crippen LogP contribution is 2.44. The van der Waals surface area contributed by atoms with Gasteiger partial charge in [0.2, 0.25) is 5.41 Å². The number of amides is 2. The van der Waals surface area contributed by atoms with Crippen molar-refractivity contribution >= 4 is 35.4 Å². The minimum absolute atomic E-state index is 0.0133. The first-order chi connectivity index (χ1) is 25.1. The maximum Gasteiger partial charge on any atom is 0.416 e. The van der Waals surface area contributed by atoms with Gasteiger partial charge in [0.15, 0.2) is 6.10 Å². The number of alkyl halides is 3. The molecule has 14 heteroatoms. The maximum absolute atomic E-state index is 15.2.